The van der Waals surface area contributed by atoms with Crippen LogP contribution in [0.1, 0.15) is 19.3 Å². The van der Waals surface area contributed by atoms with E-state index in [1.165, 1.54) is 6.34 Å². The molecule has 0 unspecified atom stereocenters. The number of likely N-dealkylation sites (tertiary alicyclic amines) is 1. The molecule has 92 valence electrons. The van der Waals surface area contributed by atoms with Gasteiger partial charge in [0.2, 0.25) is 0 Å². The summed E-state index contributed by atoms with van der Waals surface area (Å²) < 4.78 is 0. The Kier molecular flexibility index (Phi) is 4.70. The normalized spacial score (nSPS) is 19.1. The first kappa shape index (κ1) is 13.2. The lowest BCUT2D eigenvalue weighted by molar-refractivity contribution is -0.114. The molecule has 0 saturated carbocycles. The first-order valence-electron chi connectivity index (χ1n) is 5.65. The molecule has 1 amide bonds. The van der Waals surface area contributed by atoms with Gasteiger partial charge in [0.05, 0.1) is 6.34 Å². The molecule has 0 radical (unpaired) electrons. The van der Waals surface area contributed by atoms with Gasteiger partial charge in [-0.15, -0.1) is 0 Å². The van der Waals surface area contributed by atoms with Crippen LogP contribution < -0.4 is 0 Å². The molecule has 17 heavy (non-hydrogen) atoms. The van der Waals surface area contributed by atoms with Gasteiger partial charge in [-0.1, -0.05) is 0 Å². The Morgan fingerprint density at radius 3 is 2.76 bits per heavy atom. The van der Waals surface area contributed by atoms with E-state index in [1.807, 2.05) is 18.0 Å². The molecule has 0 N–H and O–H groups in total. The van der Waals surface area contributed by atoms with Crippen molar-refractivity contribution in [3.05, 3.63) is 11.3 Å². The number of piperidine rings is 1. The third kappa shape index (κ3) is 3.59. The quantitative estimate of drug-likeness (QED) is 0.309. The highest BCUT2D eigenvalue weighted by Crippen LogP contribution is 2.22. The summed E-state index contributed by atoms with van der Waals surface area (Å²) in [5.74, 6) is -0.454. The van der Waals surface area contributed by atoms with E-state index >= 15 is 0 Å². The number of nitrogens with zero attached hydrogens (tertiary/aromatic N) is 4. The average molecular weight is 234 g/mol. The Labute approximate surface area is 102 Å². The third-order valence-corrected chi connectivity index (χ3v) is 2.64. The van der Waals surface area contributed by atoms with Crippen LogP contribution >= 0.6 is 0 Å². The lowest BCUT2D eigenvalue weighted by Crippen LogP contribution is -2.26. The number of allylic oxidation sites excluding steroid dienone is 1. The van der Waals surface area contributed by atoms with Crippen LogP contribution in [0.25, 0.3) is 0 Å². The zero-order valence-electron chi connectivity index (χ0n) is 10.6. The number of hydrogen-bond acceptors (Lipinski definition) is 3. The van der Waals surface area contributed by atoms with Crippen molar-refractivity contribution in [1.82, 2.24) is 9.80 Å². The van der Waals surface area contributed by atoms with Gasteiger partial charge < -0.3 is 9.80 Å². The van der Waals surface area contributed by atoms with Crippen LogP contribution in [0.3, 0.4) is 0 Å². The van der Waals surface area contributed by atoms with E-state index in [0.717, 1.165) is 31.5 Å². The zero-order valence-corrected chi connectivity index (χ0v) is 10.6. The molecule has 0 aliphatic carbocycles. The van der Waals surface area contributed by atoms with Gasteiger partial charge in [0.25, 0.3) is 5.91 Å². The van der Waals surface area contributed by atoms with Crippen molar-refractivity contribution in [2.24, 2.45) is 4.99 Å². The summed E-state index contributed by atoms with van der Waals surface area (Å²) in [7, 11) is 5.47. The van der Waals surface area contributed by atoms with Crippen LogP contribution in [0.15, 0.2) is 16.3 Å². The molecule has 5 nitrogen and oxygen atoms in total. The highest BCUT2D eigenvalue weighted by Gasteiger charge is 2.20. The maximum atomic E-state index is 11.8. The number of amides is 1. The molecule has 0 atom stereocenters. The van der Waals surface area contributed by atoms with E-state index in [2.05, 4.69) is 4.99 Å². The second-order valence-corrected chi connectivity index (χ2v) is 4.33. The summed E-state index contributed by atoms with van der Waals surface area (Å²) in [6.07, 6.45) is 4.33. The summed E-state index contributed by atoms with van der Waals surface area (Å²) in [5.41, 5.74) is 0.991. The number of rotatable bonds is 2. The number of carbonyl (C=O) groups excluding carboxylic acids is 1. The molecule has 1 aliphatic rings. The van der Waals surface area contributed by atoms with E-state index in [0.29, 0.717) is 0 Å². The van der Waals surface area contributed by atoms with Gasteiger partial charge in [-0.05, 0) is 19.3 Å². The maximum absolute atomic E-state index is 11.8. The van der Waals surface area contributed by atoms with E-state index < -0.39 is 5.91 Å². The fourth-order valence-corrected chi connectivity index (χ4v) is 1.75. The van der Waals surface area contributed by atoms with Gasteiger partial charge in [-0.2, -0.15) is 10.3 Å². The van der Waals surface area contributed by atoms with Gasteiger partial charge in [-0.25, -0.2) is 0 Å². The van der Waals surface area contributed by atoms with Crippen molar-refractivity contribution in [1.29, 1.82) is 5.26 Å². The third-order valence-electron chi connectivity index (χ3n) is 2.64. The van der Waals surface area contributed by atoms with Gasteiger partial charge in [-0.3, -0.25) is 4.79 Å². The summed E-state index contributed by atoms with van der Waals surface area (Å²) in [4.78, 5) is 19.2. The molecule has 0 bridgehead atoms. The van der Waals surface area contributed by atoms with Gasteiger partial charge >= 0.3 is 0 Å². The van der Waals surface area contributed by atoms with Crippen molar-refractivity contribution < 1.29 is 4.79 Å². The average Bonchev–Trinajstić information content (AvgIpc) is 2.30. The number of carbonyl (C=O) groups is 1. The summed E-state index contributed by atoms with van der Waals surface area (Å²) in [5, 5.41) is 9.09. The van der Waals surface area contributed by atoms with Crippen LogP contribution in [0.2, 0.25) is 0 Å². The topological polar surface area (TPSA) is 59.7 Å². The molecule has 0 spiro atoms. The largest absolute Gasteiger partial charge is 0.377 e. The predicted molar refractivity (Wildman–Crippen MR) is 66.3 cm³/mol. The Bertz CT molecular complexity index is 390. The maximum Gasteiger partial charge on any atom is 0.290 e. The molecule has 0 aromatic rings. The van der Waals surface area contributed by atoms with E-state index in [9.17, 15) is 4.79 Å². The van der Waals surface area contributed by atoms with Crippen LogP contribution in [0.5, 0.6) is 0 Å². The van der Waals surface area contributed by atoms with Crippen molar-refractivity contribution in [2.45, 2.75) is 19.3 Å². The number of nitriles is 1. The molecule has 1 rings (SSSR count). The molecule has 5 heteroatoms. The number of aliphatic imine (C=N–C) groups is 1. The van der Waals surface area contributed by atoms with Crippen molar-refractivity contribution in [2.75, 3.05) is 27.7 Å². The standard InChI is InChI=1S/C12H18N4O/c1-15(2)9-14-12(17)10(8-13)11-6-4-5-7-16(11)3/h9H,4-7H2,1-3H3/b11-10+,14-9?. The first-order valence-corrected chi connectivity index (χ1v) is 5.65. The highest BCUT2D eigenvalue weighted by molar-refractivity contribution is 6.01. The SMILES string of the molecule is CN(C)C=NC(=O)/C(C#N)=C1\CCCCN1C. The Morgan fingerprint density at radius 1 is 1.53 bits per heavy atom. The number of hydrogen-bond donors (Lipinski definition) is 0. The second-order valence-electron chi connectivity index (χ2n) is 4.33. The molecule has 0 aromatic heterocycles. The van der Waals surface area contributed by atoms with Crippen molar-refractivity contribution >= 4 is 12.2 Å². The van der Waals surface area contributed by atoms with Crippen molar-refractivity contribution in [3.8, 4) is 6.07 Å². The predicted octanol–water partition coefficient (Wildman–Crippen LogP) is 0.996. The van der Waals surface area contributed by atoms with E-state index in [1.54, 1.807) is 19.0 Å². The summed E-state index contributed by atoms with van der Waals surface area (Å²) in [6, 6.07) is 1.98. The fraction of sp³-hybridized carbons (Fsp3) is 0.583. The van der Waals surface area contributed by atoms with Gasteiger partial charge in [0, 0.05) is 33.4 Å². The lowest BCUT2D eigenvalue weighted by atomic mass is 10.0. The molecular weight excluding hydrogens is 216 g/mol. The smallest absolute Gasteiger partial charge is 0.290 e. The molecule has 0 aromatic carbocycles. The Morgan fingerprint density at radius 2 is 2.24 bits per heavy atom. The molecule has 1 fully saturated rings. The van der Waals surface area contributed by atoms with E-state index in [-0.39, 0.29) is 5.57 Å². The minimum atomic E-state index is -0.454. The van der Waals surface area contributed by atoms with Crippen LogP contribution in [-0.2, 0) is 4.79 Å². The molecule has 1 saturated heterocycles. The van der Waals surface area contributed by atoms with E-state index in [4.69, 9.17) is 5.26 Å². The highest BCUT2D eigenvalue weighted by atomic mass is 16.1. The van der Waals surface area contributed by atoms with Gasteiger partial charge in [0.1, 0.15) is 11.6 Å². The van der Waals surface area contributed by atoms with Gasteiger partial charge in [0.15, 0.2) is 0 Å². The molecule has 1 heterocycles. The fourth-order valence-electron chi connectivity index (χ4n) is 1.75. The summed E-state index contributed by atoms with van der Waals surface area (Å²) in [6.45, 7) is 0.894. The van der Waals surface area contributed by atoms with Crippen molar-refractivity contribution in [3.63, 3.8) is 0 Å². The van der Waals surface area contributed by atoms with Crippen LogP contribution in [0.4, 0.5) is 0 Å². The zero-order chi connectivity index (χ0) is 12.8. The first-order chi connectivity index (χ1) is 8.06. The molecule has 1 aliphatic heterocycles. The van der Waals surface area contributed by atoms with Crippen LogP contribution in [-0.4, -0.2) is 49.7 Å². The molecular formula is C12H18N4O. The Balaban J connectivity index is 2.93. The minimum Gasteiger partial charge on any atom is -0.377 e. The van der Waals surface area contributed by atoms with Crippen LogP contribution in [0, 0.1) is 11.3 Å². The minimum absolute atomic E-state index is 0.172. The summed E-state index contributed by atoms with van der Waals surface area (Å²) >= 11 is 0. The lowest BCUT2D eigenvalue weighted by Gasteiger charge is -2.27. The Hall–Kier alpha value is -1.83. The monoisotopic (exact) mass is 234 g/mol. The second kappa shape index (κ2) is 6.04.